The summed E-state index contributed by atoms with van der Waals surface area (Å²) in [5, 5.41) is 0. The Kier molecular flexibility index (Phi) is 7.52. The van der Waals surface area contributed by atoms with Crippen LogP contribution in [0.1, 0.15) is 25.3 Å². The molecule has 2 N–H and O–H groups in total. The van der Waals surface area contributed by atoms with Crippen molar-refractivity contribution < 1.29 is 9.53 Å². The number of rotatable bonds is 5. The summed E-state index contributed by atoms with van der Waals surface area (Å²) in [5.74, 6) is -0.231. The van der Waals surface area contributed by atoms with Crippen LogP contribution in [-0.2, 0) is 16.1 Å². The van der Waals surface area contributed by atoms with Crippen molar-refractivity contribution in [2.24, 2.45) is 5.73 Å². The quantitative estimate of drug-likeness (QED) is 0.893. The SMILES string of the molecule is CCC(C(N)=O)N1CCCN(Cc2ccccc2)CCOCC1. The first-order valence-electron chi connectivity index (χ1n) is 8.58. The second-order valence-corrected chi connectivity index (χ2v) is 6.09. The first-order chi connectivity index (χ1) is 11.2. The normalized spacial score (nSPS) is 20.0. The number of hydrogen-bond acceptors (Lipinski definition) is 4. The van der Waals surface area contributed by atoms with Crippen LogP contribution in [0.25, 0.3) is 0 Å². The fourth-order valence-electron chi connectivity index (χ4n) is 3.15. The molecule has 1 aliphatic rings. The van der Waals surface area contributed by atoms with Gasteiger partial charge in [-0.2, -0.15) is 0 Å². The van der Waals surface area contributed by atoms with Crippen LogP contribution in [-0.4, -0.2) is 61.1 Å². The number of carbonyl (C=O) groups is 1. The largest absolute Gasteiger partial charge is 0.379 e. The number of ether oxygens (including phenoxy) is 1. The van der Waals surface area contributed by atoms with Crippen LogP contribution in [0.15, 0.2) is 30.3 Å². The third-order valence-corrected chi connectivity index (χ3v) is 4.40. The molecule has 0 aliphatic carbocycles. The maximum absolute atomic E-state index is 11.6. The zero-order valence-corrected chi connectivity index (χ0v) is 14.1. The lowest BCUT2D eigenvalue weighted by Crippen LogP contribution is -2.47. The number of primary amides is 1. The molecule has 5 nitrogen and oxygen atoms in total. The standard InChI is InChI=1S/C18H29N3O2/c1-2-17(18(19)22)21-10-6-9-20(11-13-23-14-12-21)15-16-7-4-3-5-8-16/h3-5,7-8,17H,2,6,9-15H2,1H3,(H2,19,22). The van der Waals surface area contributed by atoms with Crippen LogP contribution >= 0.6 is 0 Å². The molecule has 1 aromatic rings. The Hall–Kier alpha value is -1.43. The van der Waals surface area contributed by atoms with Crippen molar-refractivity contribution in [3.8, 4) is 0 Å². The van der Waals surface area contributed by atoms with Crippen LogP contribution in [0.3, 0.4) is 0 Å². The molecule has 1 saturated heterocycles. The van der Waals surface area contributed by atoms with Gasteiger partial charge in [-0.3, -0.25) is 14.6 Å². The Morgan fingerprint density at radius 2 is 1.91 bits per heavy atom. The van der Waals surface area contributed by atoms with E-state index in [2.05, 4.69) is 34.1 Å². The highest BCUT2D eigenvalue weighted by atomic mass is 16.5. The highest BCUT2D eigenvalue weighted by Gasteiger charge is 2.22. The van der Waals surface area contributed by atoms with E-state index in [1.165, 1.54) is 5.56 Å². The van der Waals surface area contributed by atoms with Gasteiger partial charge in [0.15, 0.2) is 0 Å². The van der Waals surface area contributed by atoms with Gasteiger partial charge in [-0.15, -0.1) is 0 Å². The smallest absolute Gasteiger partial charge is 0.234 e. The Labute approximate surface area is 139 Å². The molecule has 1 aromatic carbocycles. The Bertz CT molecular complexity index is 467. The Morgan fingerprint density at radius 3 is 2.61 bits per heavy atom. The van der Waals surface area contributed by atoms with Gasteiger partial charge in [-0.05, 0) is 24.9 Å². The zero-order valence-electron chi connectivity index (χ0n) is 14.1. The highest BCUT2D eigenvalue weighted by Crippen LogP contribution is 2.09. The molecule has 0 radical (unpaired) electrons. The van der Waals surface area contributed by atoms with Gasteiger partial charge in [-0.25, -0.2) is 0 Å². The van der Waals surface area contributed by atoms with Crippen LogP contribution in [0.2, 0.25) is 0 Å². The summed E-state index contributed by atoms with van der Waals surface area (Å²) < 4.78 is 5.75. The Morgan fingerprint density at radius 1 is 1.17 bits per heavy atom. The molecule has 1 atom stereocenters. The molecule has 1 amide bonds. The predicted molar refractivity (Wildman–Crippen MR) is 92.0 cm³/mol. The van der Waals surface area contributed by atoms with Crippen molar-refractivity contribution >= 4 is 5.91 Å². The van der Waals surface area contributed by atoms with Gasteiger partial charge in [0.1, 0.15) is 0 Å². The summed E-state index contributed by atoms with van der Waals surface area (Å²) in [5.41, 5.74) is 6.86. The first kappa shape index (κ1) is 17.9. The summed E-state index contributed by atoms with van der Waals surface area (Å²) in [6.07, 6.45) is 1.79. The molecular weight excluding hydrogens is 290 g/mol. The molecule has 1 heterocycles. The number of nitrogens with two attached hydrogens (primary N) is 1. The van der Waals surface area contributed by atoms with Gasteiger partial charge in [0.05, 0.1) is 19.3 Å². The maximum atomic E-state index is 11.6. The molecule has 1 fully saturated rings. The fourth-order valence-corrected chi connectivity index (χ4v) is 3.15. The van der Waals surface area contributed by atoms with E-state index >= 15 is 0 Å². The topological polar surface area (TPSA) is 58.8 Å². The van der Waals surface area contributed by atoms with Crippen molar-refractivity contribution in [1.82, 2.24) is 9.80 Å². The van der Waals surface area contributed by atoms with Crippen LogP contribution in [0.5, 0.6) is 0 Å². The van der Waals surface area contributed by atoms with Crippen LogP contribution in [0.4, 0.5) is 0 Å². The summed E-state index contributed by atoms with van der Waals surface area (Å²) >= 11 is 0. The van der Waals surface area contributed by atoms with Gasteiger partial charge < -0.3 is 10.5 Å². The molecule has 5 heteroatoms. The number of carbonyl (C=O) groups excluding carboxylic acids is 1. The molecule has 0 bridgehead atoms. The first-order valence-corrected chi connectivity index (χ1v) is 8.58. The summed E-state index contributed by atoms with van der Waals surface area (Å²) in [6.45, 7) is 7.95. The Balaban J connectivity index is 1.91. The summed E-state index contributed by atoms with van der Waals surface area (Å²) in [7, 11) is 0. The van der Waals surface area contributed by atoms with E-state index in [0.29, 0.717) is 6.61 Å². The summed E-state index contributed by atoms with van der Waals surface area (Å²) in [4.78, 5) is 16.2. The lowest BCUT2D eigenvalue weighted by atomic mass is 10.1. The van der Waals surface area contributed by atoms with Gasteiger partial charge >= 0.3 is 0 Å². The van der Waals surface area contributed by atoms with Crippen LogP contribution < -0.4 is 5.73 Å². The molecule has 0 spiro atoms. The second kappa shape index (κ2) is 9.65. The minimum absolute atomic E-state index is 0.180. The number of hydrogen-bond donors (Lipinski definition) is 1. The molecular formula is C18H29N3O2. The lowest BCUT2D eigenvalue weighted by Gasteiger charge is -2.31. The third kappa shape index (κ3) is 5.94. The van der Waals surface area contributed by atoms with E-state index in [9.17, 15) is 4.79 Å². The minimum Gasteiger partial charge on any atom is -0.379 e. The van der Waals surface area contributed by atoms with Gasteiger partial charge in [-0.1, -0.05) is 37.3 Å². The van der Waals surface area contributed by atoms with Crippen molar-refractivity contribution in [2.75, 3.05) is 39.4 Å². The predicted octanol–water partition coefficient (Wildman–Crippen LogP) is 1.47. The number of nitrogens with zero attached hydrogens (tertiary/aromatic N) is 2. The van der Waals surface area contributed by atoms with Gasteiger partial charge in [0, 0.05) is 26.2 Å². The molecule has 23 heavy (non-hydrogen) atoms. The van der Waals surface area contributed by atoms with E-state index in [4.69, 9.17) is 10.5 Å². The van der Waals surface area contributed by atoms with Crippen molar-refractivity contribution in [1.29, 1.82) is 0 Å². The van der Waals surface area contributed by atoms with Crippen molar-refractivity contribution in [2.45, 2.75) is 32.4 Å². The monoisotopic (exact) mass is 319 g/mol. The zero-order chi connectivity index (χ0) is 16.5. The van der Waals surface area contributed by atoms with E-state index < -0.39 is 0 Å². The second-order valence-electron chi connectivity index (χ2n) is 6.09. The minimum atomic E-state index is -0.231. The molecule has 1 unspecified atom stereocenters. The molecule has 1 aliphatic heterocycles. The van der Waals surface area contributed by atoms with E-state index in [0.717, 1.165) is 52.2 Å². The maximum Gasteiger partial charge on any atom is 0.234 e. The van der Waals surface area contributed by atoms with Crippen LogP contribution in [0, 0.1) is 0 Å². The van der Waals surface area contributed by atoms with E-state index in [1.807, 2.05) is 13.0 Å². The number of amides is 1. The fraction of sp³-hybridized carbons (Fsp3) is 0.611. The highest BCUT2D eigenvalue weighted by molar-refractivity contribution is 5.79. The van der Waals surface area contributed by atoms with Crippen molar-refractivity contribution in [3.05, 3.63) is 35.9 Å². The lowest BCUT2D eigenvalue weighted by molar-refractivity contribution is -0.123. The average Bonchev–Trinajstić information content (AvgIpc) is 2.55. The van der Waals surface area contributed by atoms with E-state index in [1.54, 1.807) is 0 Å². The summed E-state index contributed by atoms with van der Waals surface area (Å²) in [6, 6.07) is 10.3. The average molecular weight is 319 g/mol. The number of benzene rings is 1. The van der Waals surface area contributed by atoms with Gasteiger partial charge in [0.25, 0.3) is 0 Å². The van der Waals surface area contributed by atoms with Gasteiger partial charge in [0.2, 0.25) is 5.91 Å². The molecule has 2 rings (SSSR count). The molecule has 0 aromatic heterocycles. The molecule has 0 saturated carbocycles. The van der Waals surface area contributed by atoms with E-state index in [-0.39, 0.29) is 11.9 Å². The molecule has 128 valence electrons. The van der Waals surface area contributed by atoms with Crippen molar-refractivity contribution in [3.63, 3.8) is 0 Å². The third-order valence-electron chi connectivity index (χ3n) is 4.40.